The Bertz CT molecular complexity index is 814. The van der Waals surface area contributed by atoms with Crippen LogP contribution in [0.15, 0.2) is 18.2 Å². The number of halogens is 2. The molecule has 1 aromatic rings. The number of morpholine rings is 1. The normalized spacial score (nSPS) is 16.7. The number of benzene rings is 1. The van der Waals surface area contributed by atoms with E-state index in [2.05, 4.69) is 30.1 Å². The van der Waals surface area contributed by atoms with Gasteiger partial charge in [-0.3, -0.25) is 9.69 Å². The summed E-state index contributed by atoms with van der Waals surface area (Å²) in [4.78, 5) is 14.9. The molecule has 234 valence electrons. The number of aliphatic hydroxyl groups excluding tert-OH is 1. The molecule has 2 rings (SSSR count). The summed E-state index contributed by atoms with van der Waals surface area (Å²) in [7, 11) is 3.32. The van der Waals surface area contributed by atoms with Gasteiger partial charge < -0.3 is 35.1 Å². The monoisotopic (exact) mass is 609 g/mol. The standard InChI is InChI=1S/C29H51N3O6.2ClH/c1-21(2)24(18-23-7-8-27(36-5)28(19-23)38-14-6-13-35-4)20-25(30)26(33)17-22(3)29(34)31-9-10-32-11-15-37-16-12-32;;/h7-8,19,21-22,24-26,33H,6,9-18,20,30H2,1-5H3,(H,31,34);2*1H. The number of rotatable bonds is 18. The highest BCUT2D eigenvalue weighted by molar-refractivity contribution is 5.85. The van der Waals surface area contributed by atoms with Crippen molar-refractivity contribution in [2.45, 2.75) is 58.6 Å². The molecule has 0 radical (unpaired) electrons. The zero-order valence-corrected chi connectivity index (χ0v) is 26.6. The van der Waals surface area contributed by atoms with Crippen LogP contribution in [0.4, 0.5) is 0 Å². The average Bonchev–Trinajstić information content (AvgIpc) is 2.91. The zero-order chi connectivity index (χ0) is 27.9. The molecular formula is C29H53Cl2N3O6. The summed E-state index contributed by atoms with van der Waals surface area (Å²) in [6, 6.07) is 5.62. The topological polar surface area (TPSA) is 116 Å². The van der Waals surface area contributed by atoms with Crippen LogP contribution in [0.25, 0.3) is 0 Å². The van der Waals surface area contributed by atoms with Crippen LogP contribution in [0, 0.1) is 17.8 Å². The van der Waals surface area contributed by atoms with E-state index < -0.39 is 12.1 Å². The molecule has 1 aromatic carbocycles. The number of methoxy groups -OCH3 is 2. The van der Waals surface area contributed by atoms with Gasteiger partial charge in [-0.05, 0) is 48.8 Å². The van der Waals surface area contributed by atoms with Gasteiger partial charge in [-0.25, -0.2) is 0 Å². The molecule has 0 saturated carbocycles. The van der Waals surface area contributed by atoms with Gasteiger partial charge in [0, 0.05) is 58.3 Å². The summed E-state index contributed by atoms with van der Waals surface area (Å²) in [6.07, 6.45) is 1.88. The molecule has 9 nitrogen and oxygen atoms in total. The second-order valence-electron chi connectivity index (χ2n) is 10.7. The summed E-state index contributed by atoms with van der Waals surface area (Å²) in [5.74, 6) is 1.73. The smallest absolute Gasteiger partial charge is 0.222 e. The van der Waals surface area contributed by atoms with Crippen molar-refractivity contribution >= 4 is 30.7 Å². The lowest BCUT2D eigenvalue weighted by Gasteiger charge is -2.29. The van der Waals surface area contributed by atoms with Crippen molar-refractivity contribution in [3.8, 4) is 11.5 Å². The number of carbonyl (C=O) groups is 1. The summed E-state index contributed by atoms with van der Waals surface area (Å²) < 4.78 is 21.9. The number of hydrogen-bond acceptors (Lipinski definition) is 8. The van der Waals surface area contributed by atoms with E-state index >= 15 is 0 Å². The summed E-state index contributed by atoms with van der Waals surface area (Å²) in [5.41, 5.74) is 7.61. The van der Waals surface area contributed by atoms with Gasteiger partial charge in [0.15, 0.2) is 11.5 Å². The van der Waals surface area contributed by atoms with Gasteiger partial charge in [0.1, 0.15) is 0 Å². The van der Waals surface area contributed by atoms with E-state index in [0.717, 1.165) is 57.0 Å². The van der Waals surface area contributed by atoms with Gasteiger partial charge >= 0.3 is 0 Å². The van der Waals surface area contributed by atoms with Crippen molar-refractivity contribution in [1.29, 1.82) is 0 Å². The lowest BCUT2D eigenvalue weighted by molar-refractivity contribution is -0.125. The Balaban J connectivity index is 0.00000760. The first-order valence-electron chi connectivity index (χ1n) is 14.0. The Kier molecular flexibility index (Phi) is 20.7. The first kappa shape index (κ1) is 38.7. The van der Waals surface area contributed by atoms with E-state index in [1.807, 2.05) is 19.1 Å². The van der Waals surface area contributed by atoms with Gasteiger partial charge in [-0.1, -0.05) is 26.8 Å². The number of nitrogens with two attached hydrogens (primary N) is 1. The van der Waals surface area contributed by atoms with E-state index in [1.165, 1.54) is 0 Å². The van der Waals surface area contributed by atoms with Crippen LogP contribution in [-0.4, -0.2) is 94.9 Å². The van der Waals surface area contributed by atoms with E-state index in [9.17, 15) is 9.90 Å². The molecule has 0 spiro atoms. The molecule has 0 aromatic heterocycles. The predicted octanol–water partition coefficient (Wildman–Crippen LogP) is 3.32. The van der Waals surface area contributed by atoms with Crippen LogP contribution in [0.5, 0.6) is 11.5 Å². The Labute approximate surface area is 253 Å². The fraction of sp³-hybridized carbons (Fsp3) is 0.759. The minimum Gasteiger partial charge on any atom is -0.493 e. The first-order chi connectivity index (χ1) is 18.2. The molecule has 4 N–H and O–H groups in total. The van der Waals surface area contributed by atoms with Crippen LogP contribution in [0.3, 0.4) is 0 Å². The summed E-state index contributed by atoms with van der Waals surface area (Å²) >= 11 is 0. The van der Waals surface area contributed by atoms with Crippen LogP contribution in [-0.2, 0) is 20.7 Å². The maximum absolute atomic E-state index is 12.6. The van der Waals surface area contributed by atoms with Crippen LogP contribution < -0.4 is 20.5 Å². The molecular weight excluding hydrogens is 557 g/mol. The van der Waals surface area contributed by atoms with Gasteiger partial charge in [-0.2, -0.15) is 0 Å². The third kappa shape index (κ3) is 14.0. The van der Waals surface area contributed by atoms with Gasteiger partial charge in [0.05, 0.1) is 33.0 Å². The van der Waals surface area contributed by atoms with Crippen molar-refractivity contribution in [2.24, 2.45) is 23.5 Å². The molecule has 1 heterocycles. The number of nitrogens with zero attached hydrogens (tertiary/aromatic N) is 1. The number of amides is 1. The number of nitrogens with one attached hydrogen (secondary N) is 1. The van der Waals surface area contributed by atoms with Crippen LogP contribution in [0.2, 0.25) is 0 Å². The van der Waals surface area contributed by atoms with Crippen molar-refractivity contribution < 1.29 is 28.8 Å². The van der Waals surface area contributed by atoms with Gasteiger partial charge in [0.2, 0.25) is 5.91 Å². The Morgan fingerprint density at radius 1 is 1.10 bits per heavy atom. The molecule has 1 fully saturated rings. The highest BCUT2D eigenvalue weighted by Crippen LogP contribution is 2.31. The van der Waals surface area contributed by atoms with E-state index in [-0.39, 0.29) is 42.6 Å². The average molecular weight is 611 g/mol. The second kappa shape index (κ2) is 21.4. The lowest BCUT2D eigenvalue weighted by atomic mass is 9.82. The van der Waals surface area contributed by atoms with Gasteiger partial charge in [0.25, 0.3) is 0 Å². The molecule has 11 heteroatoms. The lowest BCUT2D eigenvalue weighted by Crippen LogP contribution is -2.43. The third-order valence-corrected chi connectivity index (χ3v) is 7.36. The predicted molar refractivity (Wildman–Crippen MR) is 164 cm³/mol. The van der Waals surface area contributed by atoms with Crippen molar-refractivity contribution in [3.63, 3.8) is 0 Å². The largest absolute Gasteiger partial charge is 0.493 e. The Morgan fingerprint density at radius 2 is 1.80 bits per heavy atom. The number of carbonyl (C=O) groups excluding carboxylic acids is 1. The highest BCUT2D eigenvalue weighted by atomic mass is 35.5. The minimum atomic E-state index is -0.744. The maximum atomic E-state index is 12.6. The second-order valence-corrected chi connectivity index (χ2v) is 10.7. The zero-order valence-electron chi connectivity index (χ0n) is 24.9. The van der Waals surface area contributed by atoms with Gasteiger partial charge in [-0.15, -0.1) is 24.8 Å². The molecule has 1 saturated heterocycles. The fourth-order valence-corrected chi connectivity index (χ4v) is 4.73. The maximum Gasteiger partial charge on any atom is 0.222 e. The third-order valence-electron chi connectivity index (χ3n) is 7.36. The van der Waals surface area contributed by atoms with Crippen molar-refractivity contribution in [3.05, 3.63) is 23.8 Å². The molecule has 1 aliphatic rings. The van der Waals surface area contributed by atoms with Crippen molar-refractivity contribution in [2.75, 3.05) is 66.8 Å². The molecule has 0 bridgehead atoms. The summed E-state index contributed by atoms with van der Waals surface area (Å²) in [6.45, 7) is 12.1. The molecule has 4 unspecified atom stereocenters. The molecule has 40 heavy (non-hydrogen) atoms. The number of aliphatic hydroxyl groups is 1. The van der Waals surface area contributed by atoms with Crippen LogP contribution in [0.1, 0.15) is 45.6 Å². The summed E-state index contributed by atoms with van der Waals surface area (Å²) in [5, 5.41) is 13.8. The number of hydrogen-bond donors (Lipinski definition) is 3. The number of ether oxygens (including phenoxy) is 4. The van der Waals surface area contributed by atoms with Crippen LogP contribution >= 0.6 is 24.8 Å². The van der Waals surface area contributed by atoms with E-state index in [1.54, 1.807) is 14.2 Å². The molecule has 0 aliphatic carbocycles. The SMILES string of the molecule is COCCCOc1cc(CC(CC(N)C(O)CC(C)C(=O)NCCN2CCOCC2)C(C)C)ccc1OC.Cl.Cl. The molecule has 1 amide bonds. The quantitative estimate of drug-likeness (QED) is 0.217. The Hall–Kier alpha value is -1.33. The minimum absolute atomic E-state index is 0. The highest BCUT2D eigenvalue weighted by Gasteiger charge is 2.26. The van der Waals surface area contributed by atoms with E-state index in [4.69, 9.17) is 24.7 Å². The van der Waals surface area contributed by atoms with Crippen molar-refractivity contribution in [1.82, 2.24) is 10.2 Å². The first-order valence-corrected chi connectivity index (χ1v) is 14.0. The van der Waals surface area contributed by atoms with E-state index in [0.29, 0.717) is 44.3 Å². The Morgan fingerprint density at radius 3 is 2.42 bits per heavy atom. The molecule has 4 atom stereocenters. The molecule has 1 aliphatic heterocycles. The fourth-order valence-electron chi connectivity index (χ4n) is 4.73.